The summed E-state index contributed by atoms with van der Waals surface area (Å²) in [6.07, 6.45) is 2.94. The minimum atomic E-state index is -3.04. The lowest BCUT2D eigenvalue weighted by atomic mass is 10.8. The average Bonchev–Trinajstić information content (AvgIpc) is 2.29. The Morgan fingerprint density at radius 2 is 1.67 bits per heavy atom. The summed E-state index contributed by atoms with van der Waals surface area (Å²) in [5.74, 6) is 3.79. The Kier molecular flexibility index (Phi) is 13.5. The summed E-state index contributed by atoms with van der Waals surface area (Å²) in [5.41, 5.74) is 2.67. The topological polar surface area (TPSA) is 76.7 Å². The molecule has 0 aliphatic rings. The molecule has 0 aliphatic carbocycles. The molecule has 0 radical (unpaired) electrons. The highest BCUT2D eigenvalue weighted by Gasteiger charge is 1.98. The van der Waals surface area contributed by atoms with E-state index in [0.29, 0.717) is 6.54 Å². The number of hydrogen-bond acceptors (Lipinski definition) is 8. The molecule has 0 aromatic heterocycles. The molecular weight excluding hydrogens is 316 g/mol. The van der Waals surface area contributed by atoms with Gasteiger partial charge in [0.15, 0.2) is 0 Å². The summed E-state index contributed by atoms with van der Waals surface area (Å²) in [7, 11) is -3.04. The Labute approximate surface area is 122 Å². The maximum Gasteiger partial charge on any atom is 0.208 e. The summed E-state index contributed by atoms with van der Waals surface area (Å²) in [6.45, 7) is 1.22. The van der Waals surface area contributed by atoms with Crippen molar-refractivity contribution in [3.63, 3.8) is 0 Å². The molecule has 18 heavy (non-hydrogen) atoms. The Balaban J connectivity index is 3.03. The number of nitrogens with one attached hydrogen (secondary N) is 2. The fourth-order valence-corrected chi connectivity index (χ4v) is 3.38. The molecule has 0 bridgehead atoms. The largest absolute Gasteiger partial charge is 0.215 e. The van der Waals surface area contributed by atoms with E-state index in [9.17, 15) is 8.42 Å². The van der Waals surface area contributed by atoms with Gasteiger partial charge in [-0.3, -0.25) is 0 Å². The van der Waals surface area contributed by atoms with Crippen molar-refractivity contribution >= 4 is 45.6 Å². The van der Waals surface area contributed by atoms with E-state index in [4.69, 9.17) is 0 Å². The van der Waals surface area contributed by atoms with Crippen molar-refractivity contribution < 1.29 is 17.7 Å². The van der Waals surface area contributed by atoms with Crippen LogP contribution in [-0.2, 0) is 19.3 Å². The zero-order chi connectivity index (χ0) is 13.7. The van der Waals surface area contributed by atoms with Crippen LogP contribution in [0.1, 0.15) is 0 Å². The highest BCUT2D eigenvalue weighted by molar-refractivity contribution is 8.02. The molecule has 0 unspecified atom stereocenters. The average molecular weight is 337 g/mol. The van der Waals surface area contributed by atoms with Crippen LogP contribution in [0, 0.1) is 0 Å². The van der Waals surface area contributed by atoms with E-state index in [2.05, 4.69) is 19.5 Å². The summed E-state index contributed by atoms with van der Waals surface area (Å²) in [6, 6.07) is 0. The maximum atomic E-state index is 10.8. The van der Waals surface area contributed by atoms with Crippen LogP contribution in [0.25, 0.3) is 0 Å². The molecule has 10 heteroatoms. The predicted octanol–water partition coefficient (Wildman–Crippen LogP) is 0.733. The highest BCUT2D eigenvalue weighted by Crippen LogP contribution is 2.05. The van der Waals surface area contributed by atoms with Crippen LogP contribution in [0.2, 0.25) is 0 Å². The van der Waals surface area contributed by atoms with Gasteiger partial charge in [0.2, 0.25) is 10.0 Å². The van der Waals surface area contributed by atoms with Crippen molar-refractivity contribution in [1.29, 1.82) is 0 Å². The molecule has 0 rings (SSSR count). The summed E-state index contributed by atoms with van der Waals surface area (Å²) in [5, 5.41) is 0. The van der Waals surface area contributed by atoms with Crippen molar-refractivity contribution in [3.8, 4) is 0 Å². The van der Waals surface area contributed by atoms with Crippen LogP contribution < -0.4 is 10.2 Å². The second-order valence-electron chi connectivity index (χ2n) is 3.10. The third-order valence-corrected chi connectivity index (χ3v) is 4.65. The zero-order valence-corrected chi connectivity index (χ0v) is 13.8. The first-order valence-corrected chi connectivity index (χ1v) is 10.6. The minimum Gasteiger partial charge on any atom is -0.215 e. The van der Waals surface area contributed by atoms with E-state index in [0.717, 1.165) is 41.6 Å². The second kappa shape index (κ2) is 12.9. The molecule has 110 valence electrons. The SMILES string of the molecule is CSOONCCSCCSCCNS(C)(=O)=O. The molecule has 0 saturated heterocycles. The van der Waals surface area contributed by atoms with Crippen LogP contribution in [0.5, 0.6) is 0 Å². The Hall–Kier alpha value is 0.840. The Morgan fingerprint density at radius 1 is 1.06 bits per heavy atom. The van der Waals surface area contributed by atoms with Crippen molar-refractivity contribution in [2.75, 3.05) is 48.6 Å². The van der Waals surface area contributed by atoms with E-state index in [1.165, 1.54) is 6.26 Å². The lowest BCUT2D eigenvalue weighted by molar-refractivity contribution is -0.242. The van der Waals surface area contributed by atoms with Gasteiger partial charge in [-0.15, -0.1) is 9.32 Å². The van der Waals surface area contributed by atoms with E-state index in [1.54, 1.807) is 18.0 Å². The standard InChI is InChI=1S/C8H20N2O4S4/c1-15-14-13-9-3-5-16-7-8-17-6-4-10-18(2,11)12/h9-10H,3-8H2,1-2H3. The summed E-state index contributed by atoms with van der Waals surface area (Å²) >= 11 is 4.69. The molecule has 2 N–H and O–H groups in total. The lowest BCUT2D eigenvalue weighted by Crippen LogP contribution is -2.24. The fraction of sp³-hybridized carbons (Fsp3) is 1.00. The van der Waals surface area contributed by atoms with E-state index >= 15 is 0 Å². The van der Waals surface area contributed by atoms with Gasteiger partial charge in [-0.25, -0.2) is 13.1 Å². The Bertz CT molecular complexity index is 276. The van der Waals surface area contributed by atoms with E-state index in [1.807, 2.05) is 11.8 Å². The molecule has 0 spiro atoms. The number of thioether (sulfide) groups is 2. The number of sulfonamides is 1. The van der Waals surface area contributed by atoms with Gasteiger partial charge in [-0.1, -0.05) is 0 Å². The lowest BCUT2D eigenvalue weighted by Gasteiger charge is -2.04. The van der Waals surface area contributed by atoms with Gasteiger partial charge >= 0.3 is 0 Å². The molecular formula is C8H20N2O4S4. The second-order valence-corrected chi connectivity index (χ2v) is 7.86. The monoisotopic (exact) mass is 336 g/mol. The van der Waals surface area contributed by atoms with Crippen LogP contribution in [0.3, 0.4) is 0 Å². The third kappa shape index (κ3) is 16.8. The molecule has 0 heterocycles. The van der Waals surface area contributed by atoms with Crippen LogP contribution in [0.4, 0.5) is 0 Å². The van der Waals surface area contributed by atoms with Gasteiger partial charge < -0.3 is 0 Å². The minimum absolute atomic E-state index is 0.496. The fourth-order valence-electron chi connectivity index (χ4n) is 0.835. The summed E-state index contributed by atoms with van der Waals surface area (Å²) in [4.78, 5) is 4.60. The van der Waals surface area contributed by atoms with E-state index in [-0.39, 0.29) is 0 Å². The quantitative estimate of drug-likeness (QED) is 0.221. The number of rotatable bonds is 13. The van der Waals surface area contributed by atoms with Gasteiger partial charge in [0, 0.05) is 54.4 Å². The molecule has 0 saturated carbocycles. The molecule has 0 amide bonds. The zero-order valence-electron chi connectivity index (χ0n) is 10.5. The van der Waals surface area contributed by atoms with Gasteiger partial charge in [-0.05, 0) is 0 Å². The first kappa shape index (κ1) is 18.8. The molecule has 0 atom stereocenters. The van der Waals surface area contributed by atoms with Gasteiger partial charge in [0.05, 0.1) is 6.26 Å². The maximum absolute atomic E-state index is 10.8. The molecule has 0 aromatic rings. The predicted molar refractivity (Wildman–Crippen MR) is 81.2 cm³/mol. The molecule has 0 aliphatic heterocycles. The van der Waals surface area contributed by atoms with Crippen LogP contribution >= 0.6 is 35.6 Å². The van der Waals surface area contributed by atoms with Gasteiger partial charge in [0.1, 0.15) is 0 Å². The van der Waals surface area contributed by atoms with Crippen molar-refractivity contribution in [1.82, 2.24) is 10.2 Å². The first-order chi connectivity index (χ1) is 8.56. The molecule has 0 fully saturated rings. The number of hydrogen-bond donors (Lipinski definition) is 2. The molecule has 6 nitrogen and oxygen atoms in total. The van der Waals surface area contributed by atoms with Crippen LogP contribution in [-0.4, -0.2) is 57.0 Å². The van der Waals surface area contributed by atoms with E-state index < -0.39 is 10.0 Å². The van der Waals surface area contributed by atoms with Crippen molar-refractivity contribution in [2.45, 2.75) is 0 Å². The van der Waals surface area contributed by atoms with Gasteiger partial charge in [0.25, 0.3) is 0 Å². The smallest absolute Gasteiger partial charge is 0.208 e. The van der Waals surface area contributed by atoms with Gasteiger partial charge in [-0.2, -0.15) is 29.0 Å². The summed E-state index contributed by atoms with van der Waals surface area (Å²) < 4.78 is 28.5. The number of hydroxylamine groups is 1. The Morgan fingerprint density at radius 3 is 2.22 bits per heavy atom. The van der Waals surface area contributed by atoms with Crippen LogP contribution in [0.15, 0.2) is 0 Å². The highest BCUT2D eigenvalue weighted by atomic mass is 32.2. The van der Waals surface area contributed by atoms with Crippen molar-refractivity contribution in [3.05, 3.63) is 0 Å². The third-order valence-electron chi connectivity index (χ3n) is 1.49. The molecule has 0 aromatic carbocycles. The van der Waals surface area contributed by atoms with Crippen molar-refractivity contribution in [2.24, 2.45) is 0 Å². The first-order valence-electron chi connectivity index (χ1n) is 5.25. The normalized spacial score (nSPS) is 11.9.